The van der Waals surface area contributed by atoms with Crippen LogP contribution in [0.15, 0.2) is 35.4 Å². The van der Waals surface area contributed by atoms with Gasteiger partial charge in [0.1, 0.15) is 5.52 Å². The Morgan fingerprint density at radius 1 is 1.14 bits per heavy atom. The molecule has 1 fully saturated rings. The molecule has 0 radical (unpaired) electrons. The number of benzene rings is 1. The number of fused-ring (bicyclic) bond motifs is 1. The highest BCUT2D eigenvalue weighted by atomic mass is 16.3. The van der Waals surface area contributed by atoms with Gasteiger partial charge in [0.2, 0.25) is 0 Å². The Hall–Kier alpha value is -2.55. The normalized spacial score (nSPS) is 17.3. The molecule has 1 aliphatic heterocycles. The SMILES string of the molecule is CN1CCC(O)(Cn2cnc3c(-c4ccc(CN)cc4)n(C)nc3c2=O)CC1. The minimum atomic E-state index is -0.888. The first-order valence-corrected chi connectivity index (χ1v) is 9.53. The highest BCUT2D eigenvalue weighted by Crippen LogP contribution is 2.26. The lowest BCUT2D eigenvalue weighted by Crippen LogP contribution is -2.47. The Kier molecular flexibility index (Phi) is 4.78. The Morgan fingerprint density at radius 3 is 2.46 bits per heavy atom. The van der Waals surface area contributed by atoms with Gasteiger partial charge in [-0.15, -0.1) is 0 Å². The monoisotopic (exact) mass is 382 g/mol. The Bertz CT molecular complexity index is 1040. The quantitative estimate of drug-likeness (QED) is 0.689. The van der Waals surface area contributed by atoms with Crippen molar-refractivity contribution in [2.75, 3.05) is 20.1 Å². The number of hydrogen-bond acceptors (Lipinski definition) is 6. The summed E-state index contributed by atoms with van der Waals surface area (Å²) in [5.74, 6) is 0. The fourth-order valence-electron chi connectivity index (χ4n) is 3.84. The van der Waals surface area contributed by atoms with Gasteiger partial charge in [0.05, 0.1) is 24.2 Å². The molecule has 0 bridgehead atoms. The molecule has 1 saturated heterocycles. The van der Waals surface area contributed by atoms with Gasteiger partial charge in [0.25, 0.3) is 5.56 Å². The molecule has 0 amide bonds. The fraction of sp³-hybridized carbons (Fsp3) is 0.450. The van der Waals surface area contributed by atoms with Gasteiger partial charge in [0.15, 0.2) is 5.52 Å². The lowest BCUT2D eigenvalue weighted by Gasteiger charge is -2.36. The van der Waals surface area contributed by atoms with E-state index in [0.29, 0.717) is 30.4 Å². The Labute approximate surface area is 163 Å². The molecule has 148 valence electrons. The van der Waals surface area contributed by atoms with Crippen molar-refractivity contribution in [3.8, 4) is 11.3 Å². The minimum Gasteiger partial charge on any atom is -0.388 e. The van der Waals surface area contributed by atoms with Crippen LogP contribution in [-0.2, 0) is 20.1 Å². The number of likely N-dealkylation sites (tertiary alicyclic amines) is 1. The third-order valence-electron chi connectivity index (χ3n) is 5.66. The molecule has 28 heavy (non-hydrogen) atoms. The van der Waals surface area contributed by atoms with Gasteiger partial charge < -0.3 is 15.7 Å². The number of aryl methyl sites for hydroxylation is 1. The number of nitrogens with zero attached hydrogens (tertiary/aromatic N) is 5. The van der Waals surface area contributed by atoms with Gasteiger partial charge in [-0.05, 0) is 25.5 Å². The standard InChI is InChI=1S/C20H26N6O2/c1-24-9-7-20(28,8-10-24)12-26-13-22-16-17(19(26)27)23-25(2)18(16)15-5-3-14(11-21)4-6-15/h3-6,13,28H,7-12,21H2,1-2H3. The third-order valence-corrected chi connectivity index (χ3v) is 5.66. The largest absolute Gasteiger partial charge is 0.388 e. The number of nitrogens with two attached hydrogens (primary N) is 1. The van der Waals surface area contributed by atoms with Crippen LogP contribution in [0, 0.1) is 0 Å². The van der Waals surface area contributed by atoms with Crippen LogP contribution in [-0.4, -0.2) is 55.1 Å². The molecule has 8 nitrogen and oxygen atoms in total. The highest BCUT2D eigenvalue weighted by Gasteiger charge is 2.32. The lowest BCUT2D eigenvalue weighted by atomic mass is 9.91. The maximum Gasteiger partial charge on any atom is 0.281 e. The van der Waals surface area contributed by atoms with E-state index in [1.54, 1.807) is 4.68 Å². The van der Waals surface area contributed by atoms with Gasteiger partial charge in [-0.3, -0.25) is 14.0 Å². The number of hydrogen-bond donors (Lipinski definition) is 2. The molecule has 4 rings (SSSR count). The van der Waals surface area contributed by atoms with Crippen molar-refractivity contribution in [3.63, 3.8) is 0 Å². The maximum atomic E-state index is 13.0. The predicted molar refractivity (Wildman–Crippen MR) is 108 cm³/mol. The Balaban J connectivity index is 1.71. The van der Waals surface area contributed by atoms with Crippen molar-refractivity contribution in [1.82, 2.24) is 24.2 Å². The van der Waals surface area contributed by atoms with Crippen molar-refractivity contribution in [1.29, 1.82) is 0 Å². The topological polar surface area (TPSA) is 102 Å². The van der Waals surface area contributed by atoms with Crippen LogP contribution in [0.1, 0.15) is 18.4 Å². The van der Waals surface area contributed by atoms with Crippen LogP contribution in [0.2, 0.25) is 0 Å². The summed E-state index contributed by atoms with van der Waals surface area (Å²) in [4.78, 5) is 19.7. The summed E-state index contributed by atoms with van der Waals surface area (Å²) < 4.78 is 3.17. The zero-order chi connectivity index (χ0) is 19.9. The summed E-state index contributed by atoms with van der Waals surface area (Å²) in [6.07, 6.45) is 2.80. The zero-order valence-electron chi connectivity index (χ0n) is 16.3. The Morgan fingerprint density at radius 2 is 1.82 bits per heavy atom. The van der Waals surface area contributed by atoms with E-state index in [0.717, 1.165) is 29.9 Å². The molecule has 0 spiro atoms. The van der Waals surface area contributed by atoms with Crippen LogP contribution in [0.5, 0.6) is 0 Å². The molecule has 0 unspecified atom stereocenters. The van der Waals surface area contributed by atoms with E-state index in [-0.39, 0.29) is 12.1 Å². The molecule has 0 atom stereocenters. The second-order valence-electron chi connectivity index (χ2n) is 7.78. The summed E-state index contributed by atoms with van der Waals surface area (Å²) in [7, 11) is 3.84. The third kappa shape index (κ3) is 3.34. The second-order valence-corrected chi connectivity index (χ2v) is 7.78. The number of rotatable bonds is 4. The molecule has 1 aromatic carbocycles. The van der Waals surface area contributed by atoms with Gasteiger partial charge >= 0.3 is 0 Å². The molecular weight excluding hydrogens is 356 g/mol. The van der Waals surface area contributed by atoms with E-state index in [4.69, 9.17) is 5.73 Å². The molecule has 0 aliphatic carbocycles. The fourth-order valence-corrected chi connectivity index (χ4v) is 3.84. The van der Waals surface area contributed by atoms with Gasteiger partial charge in [-0.1, -0.05) is 24.3 Å². The van der Waals surface area contributed by atoms with Crippen molar-refractivity contribution in [3.05, 3.63) is 46.5 Å². The summed E-state index contributed by atoms with van der Waals surface area (Å²) in [6, 6.07) is 7.86. The molecule has 3 N–H and O–H groups in total. The highest BCUT2D eigenvalue weighted by molar-refractivity contribution is 5.89. The number of aliphatic hydroxyl groups is 1. The van der Waals surface area contributed by atoms with Gasteiger partial charge in [0, 0.05) is 32.2 Å². The van der Waals surface area contributed by atoms with E-state index < -0.39 is 5.60 Å². The molecule has 8 heteroatoms. The van der Waals surface area contributed by atoms with Crippen molar-refractivity contribution < 1.29 is 5.11 Å². The molecule has 3 aromatic rings. The van der Waals surface area contributed by atoms with E-state index in [9.17, 15) is 9.90 Å². The van der Waals surface area contributed by atoms with E-state index in [1.807, 2.05) is 38.4 Å². The molecular formula is C20H26N6O2. The van der Waals surface area contributed by atoms with Crippen molar-refractivity contribution in [2.24, 2.45) is 12.8 Å². The molecule has 3 heterocycles. The smallest absolute Gasteiger partial charge is 0.281 e. The van der Waals surface area contributed by atoms with Crippen LogP contribution in [0.25, 0.3) is 22.3 Å². The van der Waals surface area contributed by atoms with Gasteiger partial charge in [-0.25, -0.2) is 4.98 Å². The average Bonchev–Trinajstić information content (AvgIpc) is 3.04. The average molecular weight is 382 g/mol. The van der Waals surface area contributed by atoms with Crippen molar-refractivity contribution in [2.45, 2.75) is 31.5 Å². The number of aromatic nitrogens is 4. The second kappa shape index (κ2) is 7.12. The molecule has 0 saturated carbocycles. The molecule has 1 aliphatic rings. The summed E-state index contributed by atoms with van der Waals surface area (Å²) in [6.45, 7) is 2.34. The predicted octanol–water partition coefficient (Wildman–Crippen LogP) is 0.712. The lowest BCUT2D eigenvalue weighted by molar-refractivity contribution is -0.0298. The van der Waals surface area contributed by atoms with Crippen LogP contribution in [0.3, 0.4) is 0 Å². The zero-order valence-corrected chi connectivity index (χ0v) is 16.3. The van der Waals surface area contributed by atoms with E-state index in [1.165, 1.54) is 10.9 Å². The summed E-state index contributed by atoms with van der Waals surface area (Å²) >= 11 is 0. The first-order valence-electron chi connectivity index (χ1n) is 9.53. The van der Waals surface area contributed by atoms with Crippen molar-refractivity contribution >= 4 is 11.0 Å². The van der Waals surface area contributed by atoms with E-state index in [2.05, 4.69) is 15.0 Å². The summed E-state index contributed by atoms with van der Waals surface area (Å²) in [5.41, 5.74) is 8.21. The minimum absolute atomic E-state index is 0.224. The van der Waals surface area contributed by atoms with Gasteiger partial charge in [-0.2, -0.15) is 5.10 Å². The first kappa shape index (κ1) is 18.8. The molecule has 2 aromatic heterocycles. The van der Waals surface area contributed by atoms with Crippen LogP contribution < -0.4 is 11.3 Å². The van der Waals surface area contributed by atoms with E-state index >= 15 is 0 Å². The van der Waals surface area contributed by atoms with Crippen LogP contribution in [0.4, 0.5) is 0 Å². The summed E-state index contributed by atoms with van der Waals surface area (Å²) in [5, 5.41) is 15.3. The van der Waals surface area contributed by atoms with Crippen LogP contribution >= 0.6 is 0 Å². The number of piperidine rings is 1. The first-order chi connectivity index (χ1) is 13.4. The maximum absolute atomic E-state index is 13.0.